The van der Waals surface area contributed by atoms with Crippen molar-refractivity contribution in [3.8, 4) is 0 Å². The third-order valence-electron chi connectivity index (χ3n) is 2.35. The lowest BCUT2D eigenvalue weighted by Crippen LogP contribution is -2.14. The molecule has 0 spiro atoms. The Labute approximate surface area is 106 Å². The Balaban J connectivity index is 2.31. The number of hydrogen-bond donors (Lipinski definition) is 2. The van der Waals surface area contributed by atoms with Crippen LogP contribution in [0, 0.1) is 22.9 Å². The zero-order valence-electron chi connectivity index (χ0n) is 9.81. The van der Waals surface area contributed by atoms with E-state index in [1.807, 2.05) is 0 Å². The third-order valence-corrected chi connectivity index (χ3v) is 2.35. The number of hydrogen-bond acceptors (Lipinski definition) is 4. The number of rotatable bonds is 3. The van der Waals surface area contributed by atoms with Gasteiger partial charge in [-0.25, -0.2) is 4.39 Å². The second-order valence-electron chi connectivity index (χ2n) is 3.81. The maximum atomic E-state index is 12.9. The molecule has 0 aliphatic carbocycles. The van der Waals surface area contributed by atoms with E-state index in [0.29, 0.717) is 6.07 Å². The molecule has 0 fully saturated rings. The molecule has 0 saturated heterocycles. The minimum Gasteiger partial charge on any atom is -0.305 e. The van der Waals surface area contributed by atoms with Gasteiger partial charge in [0.15, 0.2) is 5.82 Å². The van der Waals surface area contributed by atoms with E-state index in [9.17, 15) is 19.3 Å². The SMILES string of the molecule is Cc1cc(NC(=O)c2ccc(F)cc2[N+](=O)[O-])n[nH]1. The molecule has 1 amide bonds. The highest BCUT2D eigenvalue weighted by Crippen LogP contribution is 2.20. The summed E-state index contributed by atoms with van der Waals surface area (Å²) in [6, 6.07) is 4.30. The Hall–Kier alpha value is -2.77. The number of H-pyrrole nitrogens is 1. The zero-order chi connectivity index (χ0) is 14.0. The van der Waals surface area contributed by atoms with Crippen LogP contribution in [-0.2, 0) is 0 Å². The average Bonchev–Trinajstić information content (AvgIpc) is 2.74. The predicted octanol–water partition coefficient (Wildman–Crippen LogP) is 2.02. The number of nitro benzene ring substituents is 1. The highest BCUT2D eigenvalue weighted by molar-refractivity contribution is 6.06. The van der Waals surface area contributed by atoms with Crippen LogP contribution in [0.1, 0.15) is 16.1 Å². The molecular weight excluding hydrogens is 255 g/mol. The number of carbonyl (C=O) groups excluding carboxylic acids is 1. The molecule has 19 heavy (non-hydrogen) atoms. The molecule has 1 aromatic heterocycles. The molecule has 1 aromatic carbocycles. The van der Waals surface area contributed by atoms with Crippen molar-refractivity contribution in [3.63, 3.8) is 0 Å². The number of nitrogens with one attached hydrogen (secondary N) is 2. The van der Waals surface area contributed by atoms with Crippen LogP contribution in [0.3, 0.4) is 0 Å². The predicted molar refractivity (Wildman–Crippen MR) is 64.3 cm³/mol. The van der Waals surface area contributed by atoms with Gasteiger partial charge in [-0.05, 0) is 19.1 Å². The van der Waals surface area contributed by atoms with Gasteiger partial charge in [0, 0.05) is 11.8 Å². The van der Waals surface area contributed by atoms with Crippen LogP contribution >= 0.6 is 0 Å². The van der Waals surface area contributed by atoms with Crippen molar-refractivity contribution < 1.29 is 14.1 Å². The van der Waals surface area contributed by atoms with Gasteiger partial charge < -0.3 is 5.32 Å². The number of aryl methyl sites for hydroxylation is 1. The molecule has 0 aliphatic rings. The number of aromatic amines is 1. The minimum atomic E-state index is -0.812. The fourth-order valence-electron chi connectivity index (χ4n) is 1.51. The van der Waals surface area contributed by atoms with Crippen molar-refractivity contribution in [2.45, 2.75) is 6.92 Å². The summed E-state index contributed by atoms with van der Waals surface area (Å²) in [5.74, 6) is -1.27. The number of anilines is 1. The van der Waals surface area contributed by atoms with Gasteiger partial charge in [0.2, 0.25) is 0 Å². The number of halogens is 1. The summed E-state index contributed by atoms with van der Waals surface area (Å²) in [5.41, 5.74) is -0.0966. The van der Waals surface area contributed by atoms with Crippen LogP contribution in [0.4, 0.5) is 15.9 Å². The van der Waals surface area contributed by atoms with E-state index in [2.05, 4.69) is 15.5 Å². The van der Waals surface area contributed by atoms with Crippen molar-refractivity contribution in [1.82, 2.24) is 10.2 Å². The van der Waals surface area contributed by atoms with E-state index < -0.39 is 22.3 Å². The maximum Gasteiger partial charge on any atom is 0.285 e. The molecule has 0 saturated carbocycles. The first-order valence-electron chi connectivity index (χ1n) is 5.24. The van der Waals surface area contributed by atoms with E-state index in [4.69, 9.17) is 0 Å². The van der Waals surface area contributed by atoms with E-state index in [1.54, 1.807) is 13.0 Å². The number of nitrogens with zero attached hydrogens (tertiary/aromatic N) is 2. The van der Waals surface area contributed by atoms with E-state index in [-0.39, 0.29) is 11.4 Å². The molecule has 1 heterocycles. The number of carbonyl (C=O) groups is 1. The molecule has 8 heteroatoms. The molecule has 0 unspecified atom stereocenters. The summed E-state index contributed by atoms with van der Waals surface area (Å²) < 4.78 is 12.9. The zero-order valence-corrected chi connectivity index (χ0v) is 9.81. The van der Waals surface area contributed by atoms with Crippen molar-refractivity contribution in [1.29, 1.82) is 0 Å². The summed E-state index contributed by atoms with van der Waals surface area (Å²) in [6.07, 6.45) is 0. The quantitative estimate of drug-likeness (QED) is 0.654. The standard InChI is InChI=1S/C11H9FN4O3/c1-6-4-10(15-14-6)13-11(17)8-3-2-7(12)5-9(8)16(18)19/h2-5H,1H3,(H2,13,14,15,17). The van der Waals surface area contributed by atoms with Crippen LogP contribution in [0.25, 0.3) is 0 Å². The van der Waals surface area contributed by atoms with Gasteiger partial charge in [0.25, 0.3) is 11.6 Å². The second-order valence-corrected chi connectivity index (χ2v) is 3.81. The molecule has 98 valence electrons. The molecule has 0 bridgehead atoms. The Bertz CT molecular complexity index is 653. The van der Waals surface area contributed by atoms with Crippen LogP contribution < -0.4 is 5.32 Å². The van der Waals surface area contributed by atoms with Gasteiger partial charge >= 0.3 is 0 Å². The minimum absolute atomic E-state index is 0.230. The summed E-state index contributed by atoms with van der Waals surface area (Å²) in [6.45, 7) is 1.74. The van der Waals surface area contributed by atoms with Crippen LogP contribution in [0.15, 0.2) is 24.3 Å². The molecule has 2 aromatic rings. The van der Waals surface area contributed by atoms with Gasteiger partial charge in [-0.15, -0.1) is 0 Å². The molecular formula is C11H9FN4O3. The summed E-state index contributed by atoms with van der Waals surface area (Å²) >= 11 is 0. The monoisotopic (exact) mass is 264 g/mol. The molecule has 0 radical (unpaired) electrons. The second kappa shape index (κ2) is 4.84. The first-order valence-corrected chi connectivity index (χ1v) is 5.24. The smallest absolute Gasteiger partial charge is 0.285 e. The fourth-order valence-corrected chi connectivity index (χ4v) is 1.51. The van der Waals surface area contributed by atoms with Gasteiger partial charge in [0.05, 0.1) is 11.0 Å². The Kier molecular flexibility index (Phi) is 3.23. The first-order chi connectivity index (χ1) is 8.97. The number of nitro groups is 1. The van der Waals surface area contributed by atoms with Crippen LogP contribution in [0.5, 0.6) is 0 Å². The number of aromatic nitrogens is 2. The van der Waals surface area contributed by atoms with E-state index in [0.717, 1.165) is 17.8 Å². The van der Waals surface area contributed by atoms with Crippen LogP contribution in [0.2, 0.25) is 0 Å². The van der Waals surface area contributed by atoms with Gasteiger partial charge in [-0.1, -0.05) is 0 Å². The molecule has 7 nitrogen and oxygen atoms in total. The topological polar surface area (TPSA) is 101 Å². The normalized spacial score (nSPS) is 10.2. The van der Waals surface area contributed by atoms with Gasteiger partial charge in [-0.2, -0.15) is 5.10 Å². The summed E-state index contributed by atoms with van der Waals surface area (Å²) in [7, 11) is 0. The van der Waals surface area contributed by atoms with Crippen molar-refractivity contribution in [2.24, 2.45) is 0 Å². The Morgan fingerprint density at radius 2 is 2.21 bits per heavy atom. The molecule has 0 atom stereocenters. The number of amides is 1. The van der Waals surface area contributed by atoms with Gasteiger partial charge in [-0.3, -0.25) is 20.0 Å². The van der Waals surface area contributed by atoms with Crippen LogP contribution in [-0.4, -0.2) is 21.0 Å². The third kappa shape index (κ3) is 2.73. The van der Waals surface area contributed by atoms with Gasteiger partial charge in [0.1, 0.15) is 11.4 Å². The molecule has 2 rings (SSSR count). The van der Waals surface area contributed by atoms with E-state index >= 15 is 0 Å². The van der Waals surface area contributed by atoms with E-state index in [1.165, 1.54) is 0 Å². The number of benzene rings is 1. The maximum absolute atomic E-state index is 12.9. The lowest BCUT2D eigenvalue weighted by molar-refractivity contribution is -0.385. The first kappa shape index (κ1) is 12.7. The summed E-state index contributed by atoms with van der Waals surface area (Å²) in [4.78, 5) is 21.8. The van der Waals surface area contributed by atoms with Crippen molar-refractivity contribution in [2.75, 3.05) is 5.32 Å². The largest absolute Gasteiger partial charge is 0.305 e. The highest BCUT2D eigenvalue weighted by atomic mass is 19.1. The molecule has 2 N–H and O–H groups in total. The lowest BCUT2D eigenvalue weighted by atomic mass is 10.1. The molecule has 0 aliphatic heterocycles. The Morgan fingerprint density at radius 3 is 2.79 bits per heavy atom. The summed E-state index contributed by atoms with van der Waals surface area (Å²) in [5, 5.41) is 19.5. The lowest BCUT2D eigenvalue weighted by Gasteiger charge is -2.03. The van der Waals surface area contributed by atoms with Crippen molar-refractivity contribution >= 4 is 17.4 Å². The Morgan fingerprint density at radius 1 is 1.47 bits per heavy atom. The average molecular weight is 264 g/mol. The highest BCUT2D eigenvalue weighted by Gasteiger charge is 2.21. The fraction of sp³-hybridized carbons (Fsp3) is 0.0909. The van der Waals surface area contributed by atoms with Crippen molar-refractivity contribution in [3.05, 3.63) is 51.5 Å².